The molecule has 0 spiro atoms. The molecule has 11 heavy (non-hydrogen) atoms. The van der Waals surface area contributed by atoms with Crippen LogP contribution >= 0.6 is 23.2 Å². The molecular formula is C7H4Cl2N2. The number of hydrogen-bond acceptors (Lipinski definition) is 2. The van der Waals surface area contributed by atoms with Crippen molar-refractivity contribution in [3.05, 3.63) is 29.6 Å². The first-order valence-corrected chi connectivity index (χ1v) is 3.75. The normalized spacial score (nSPS) is 9.64. The lowest BCUT2D eigenvalue weighted by atomic mass is 10.2. The van der Waals surface area contributed by atoms with E-state index in [0.29, 0.717) is 11.3 Å². The predicted molar refractivity (Wildman–Crippen MR) is 43.4 cm³/mol. The van der Waals surface area contributed by atoms with Gasteiger partial charge in [-0.15, -0.1) is 23.2 Å². The minimum atomic E-state index is -0.593. The molecule has 0 bridgehead atoms. The number of pyridine rings is 1. The maximum atomic E-state index is 8.45. The molecule has 0 N–H and O–H groups in total. The second-order valence-corrected chi connectivity index (χ2v) is 2.98. The highest BCUT2D eigenvalue weighted by Gasteiger charge is 2.03. The van der Waals surface area contributed by atoms with Crippen LogP contribution in [0, 0.1) is 11.3 Å². The van der Waals surface area contributed by atoms with Gasteiger partial charge in [-0.05, 0) is 17.7 Å². The van der Waals surface area contributed by atoms with E-state index >= 15 is 0 Å². The molecule has 0 aromatic carbocycles. The van der Waals surface area contributed by atoms with Crippen molar-refractivity contribution in [2.24, 2.45) is 0 Å². The Bertz CT molecular complexity index is 291. The van der Waals surface area contributed by atoms with Crippen molar-refractivity contribution in [2.45, 2.75) is 4.84 Å². The van der Waals surface area contributed by atoms with Crippen molar-refractivity contribution < 1.29 is 0 Å². The fraction of sp³-hybridized carbons (Fsp3) is 0.143. The Labute approximate surface area is 74.4 Å². The minimum absolute atomic E-state index is 0.328. The lowest BCUT2D eigenvalue weighted by Gasteiger charge is -1.98. The van der Waals surface area contributed by atoms with Crippen LogP contribution in [0.4, 0.5) is 0 Å². The molecule has 4 heteroatoms. The van der Waals surface area contributed by atoms with Gasteiger partial charge >= 0.3 is 0 Å². The molecule has 0 radical (unpaired) electrons. The maximum Gasteiger partial charge on any atom is 0.140 e. The highest BCUT2D eigenvalue weighted by molar-refractivity contribution is 6.44. The molecule has 0 saturated heterocycles. The van der Waals surface area contributed by atoms with Crippen molar-refractivity contribution in [1.82, 2.24) is 4.98 Å². The first-order chi connectivity index (χ1) is 5.24. The quantitative estimate of drug-likeness (QED) is 0.633. The second-order valence-electron chi connectivity index (χ2n) is 1.89. The van der Waals surface area contributed by atoms with Crippen molar-refractivity contribution in [1.29, 1.82) is 5.26 Å². The Morgan fingerprint density at radius 1 is 1.55 bits per heavy atom. The Hall–Kier alpha value is -0.780. The van der Waals surface area contributed by atoms with Crippen LogP contribution in [-0.2, 0) is 0 Å². The van der Waals surface area contributed by atoms with E-state index in [9.17, 15) is 0 Å². The van der Waals surface area contributed by atoms with Gasteiger partial charge in [0, 0.05) is 6.20 Å². The summed E-state index contributed by atoms with van der Waals surface area (Å²) in [4.78, 5) is 3.17. The molecule has 0 atom stereocenters. The van der Waals surface area contributed by atoms with E-state index in [2.05, 4.69) is 4.98 Å². The Balaban J connectivity index is 3.03. The highest BCUT2D eigenvalue weighted by Crippen LogP contribution is 2.23. The van der Waals surface area contributed by atoms with Crippen molar-refractivity contribution >= 4 is 23.2 Å². The molecule has 0 saturated carbocycles. The van der Waals surface area contributed by atoms with Crippen LogP contribution in [0.3, 0.4) is 0 Å². The van der Waals surface area contributed by atoms with Crippen molar-refractivity contribution in [3.8, 4) is 6.07 Å². The zero-order chi connectivity index (χ0) is 8.27. The standard InChI is InChI=1S/C7H4Cl2N2/c8-7(9)5-1-2-11-6(3-5)4-10/h1-3,7H. The molecule has 0 unspecified atom stereocenters. The van der Waals surface area contributed by atoms with E-state index in [1.165, 1.54) is 6.20 Å². The van der Waals surface area contributed by atoms with Crippen LogP contribution in [0.2, 0.25) is 0 Å². The Morgan fingerprint density at radius 2 is 2.27 bits per heavy atom. The molecule has 2 nitrogen and oxygen atoms in total. The van der Waals surface area contributed by atoms with Gasteiger partial charge in [-0.1, -0.05) is 0 Å². The number of rotatable bonds is 1. The first kappa shape index (κ1) is 8.32. The first-order valence-electron chi connectivity index (χ1n) is 2.88. The fourth-order valence-corrected chi connectivity index (χ4v) is 0.915. The van der Waals surface area contributed by atoms with Crippen LogP contribution in [0.15, 0.2) is 18.3 Å². The summed E-state index contributed by atoms with van der Waals surface area (Å²) in [6.45, 7) is 0. The molecule has 1 heterocycles. The van der Waals surface area contributed by atoms with E-state index in [-0.39, 0.29) is 0 Å². The summed E-state index contributed by atoms with van der Waals surface area (Å²) in [6, 6.07) is 5.13. The third-order valence-corrected chi connectivity index (χ3v) is 1.65. The highest BCUT2D eigenvalue weighted by atomic mass is 35.5. The fourth-order valence-electron chi connectivity index (χ4n) is 0.644. The summed E-state index contributed by atoms with van der Waals surface area (Å²) >= 11 is 11.1. The molecular weight excluding hydrogens is 183 g/mol. The number of hydrogen-bond donors (Lipinski definition) is 0. The number of nitrogens with zero attached hydrogens (tertiary/aromatic N) is 2. The van der Waals surface area contributed by atoms with Gasteiger partial charge in [-0.25, -0.2) is 4.98 Å². The molecule has 0 amide bonds. The number of nitriles is 1. The van der Waals surface area contributed by atoms with Crippen LogP contribution in [0.5, 0.6) is 0 Å². The molecule has 0 fully saturated rings. The van der Waals surface area contributed by atoms with Gasteiger partial charge in [0.25, 0.3) is 0 Å². The number of alkyl halides is 2. The second kappa shape index (κ2) is 3.56. The zero-order valence-corrected chi connectivity index (χ0v) is 6.97. The largest absolute Gasteiger partial charge is 0.246 e. The monoisotopic (exact) mass is 186 g/mol. The smallest absolute Gasteiger partial charge is 0.140 e. The van der Waals surface area contributed by atoms with Gasteiger partial charge in [-0.2, -0.15) is 5.26 Å². The topological polar surface area (TPSA) is 36.7 Å². The van der Waals surface area contributed by atoms with Crippen molar-refractivity contribution in [3.63, 3.8) is 0 Å². The average Bonchev–Trinajstić information content (AvgIpc) is 2.05. The summed E-state index contributed by atoms with van der Waals surface area (Å²) in [5.41, 5.74) is 1.02. The lowest BCUT2D eigenvalue weighted by molar-refractivity contribution is 1.21. The molecule has 56 valence electrons. The summed E-state index contributed by atoms with van der Waals surface area (Å²) in [5, 5.41) is 8.45. The van der Waals surface area contributed by atoms with Crippen LogP contribution in [0.25, 0.3) is 0 Å². The lowest BCUT2D eigenvalue weighted by Crippen LogP contribution is -1.86. The molecule has 0 aliphatic carbocycles. The van der Waals surface area contributed by atoms with Crippen LogP contribution in [-0.4, -0.2) is 4.98 Å². The Kier molecular flexibility index (Phi) is 2.70. The maximum absolute atomic E-state index is 8.45. The minimum Gasteiger partial charge on any atom is -0.246 e. The third kappa shape index (κ3) is 2.07. The predicted octanol–water partition coefficient (Wildman–Crippen LogP) is 2.43. The van der Waals surface area contributed by atoms with E-state index in [0.717, 1.165) is 0 Å². The van der Waals surface area contributed by atoms with E-state index < -0.39 is 4.84 Å². The van der Waals surface area contributed by atoms with Gasteiger partial charge in [-0.3, -0.25) is 0 Å². The zero-order valence-electron chi connectivity index (χ0n) is 5.46. The van der Waals surface area contributed by atoms with Crippen molar-refractivity contribution in [2.75, 3.05) is 0 Å². The molecule has 1 aromatic heterocycles. The SMILES string of the molecule is N#Cc1cc(C(Cl)Cl)ccn1. The van der Waals surface area contributed by atoms with Gasteiger partial charge in [0.1, 0.15) is 16.6 Å². The third-order valence-electron chi connectivity index (χ3n) is 1.15. The summed E-state index contributed by atoms with van der Waals surface area (Å²) in [5.74, 6) is 0. The molecule has 1 rings (SSSR count). The molecule has 1 aromatic rings. The molecule has 0 aliphatic heterocycles. The summed E-state index contributed by atoms with van der Waals surface area (Å²) in [7, 11) is 0. The average molecular weight is 187 g/mol. The molecule has 0 aliphatic rings. The summed E-state index contributed by atoms with van der Waals surface area (Å²) in [6.07, 6.45) is 1.51. The van der Waals surface area contributed by atoms with Crippen LogP contribution < -0.4 is 0 Å². The van der Waals surface area contributed by atoms with E-state index in [4.69, 9.17) is 28.5 Å². The number of halogens is 2. The van der Waals surface area contributed by atoms with Gasteiger partial charge in [0.05, 0.1) is 0 Å². The summed E-state index contributed by atoms with van der Waals surface area (Å²) < 4.78 is 0. The van der Waals surface area contributed by atoms with Gasteiger partial charge in [0.2, 0.25) is 0 Å². The van der Waals surface area contributed by atoms with Crippen LogP contribution in [0.1, 0.15) is 16.1 Å². The van der Waals surface area contributed by atoms with Gasteiger partial charge in [0.15, 0.2) is 0 Å². The van der Waals surface area contributed by atoms with Gasteiger partial charge < -0.3 is 0 Å². The van der Waals surface area contributed by atoms with E-state index in [1.54, 1.807) is 12.1 Å². The van der Waals surface area contributed by atoms with E-state index in [1.807, 2.05) is 6.07 Å². The number of aromatic nitrogens is 1. The Morgan fingerprint density at radius 3 is 2.82 bits per heavy atom.